The maximum absolute atomic E-state index is 12.5. The van der Waals surface area contributed by atoms with Crippen molar-refractivity contribution in [3.63, 3.8) is 0 Å². The Labute approximate surface area is 148 Å². The van der Waals surface area contributed by atoms with Crippen LogP contribution in [0.3, 0.4) is 0 Å². The van der Waals surface area contributed by atoms with Gasteiger partial charge >= 0.3 is 5.97 Å². The molecule has 0 unspecified atom stereocenters. The lowest BCUT2D eigenvalue weighted by atomic mass is 10.0. The third-order valence-corrected chi connectivity index (χ3v) is 4.34. The van der Waals surface area contributed by atoms with Crippen LogP contribution in [0.2, 0.25) is 0 Å². The molecule has 25 heavy (non-hydrogen) atoms. The SMILES string of the molecule is COC(=O)[C@H](CCSC)NC(=O)c1cc([N+](=O)[O-])c2ccccc2c1. The maximum Gasteiger partial charge on any atom is 0.328 e. The number of hydrogen-bond acceptors (Lipinski definition) is 6. The van der Waals surface area contributed by atoms with Crippen LogP contribution >= 0.6 is 11.8 Å². The number of carbonyl (C=O) groups excluding carboxylic acids is 2. The number of non-ortho nitro benzene ring substituents is 1. The van der Waals surface area contributed by atoms with Crippen LogP contribution in [-0.2, 0) is 9.53 Å². The van der Waals surface area contributed by atoms with E-state index in [-0.39, 0.29) is 11.3 Å². The third-order valence-electron chi connectivity index (χ3n) is 3.70. The molecule has 132 valence electrons. The Morgan fingerprint density at radius 2 is 2.04 bits per heavy atom. The van der Waals surface area contributed by atoms with Crippen LogP contribution in [0.15, 0.2) is 36.4 Å². The van der Waals surface area contributed by atoms with Gasteiger partial charge in [-0.3, -0.25) is 14.9 Å². The number of esters is 1. The predicted octanol–water partition coefficient (Wildman–Crippen LogP) is 2.77. The monoisotopic (exact) mass is 362 g/mol. The minimum Gasteiger partial charge on any atom is -0.467 e. The Morgan fingerprint density at radius 3 is 2.68 bits per heavy atom. The highest BCUT2D eigenvalue weighted by Gasteiger charge is 2.23. The minimum absolute atomic E-state index is 0.128. The minimum atomic E-state index is -0.796. The molecular formula is C17H18N2O5S. The highest BCUT2D eigenvalue weighted by atomic mass is 32.2. The zero-order valence-electron chi connectivity index (χ0n) is 13.9. The largest absolute Gasteiger partial charge is 0.467 e. The molecule has 1 atom stereocenters. The van der Waals surface area contributed by atoms with Crippen LogP contribution in [0.5, 0.6) is 0 Å². The van der Waals surface area contributed by atoms with Crippen molar-refractivity contribution >= 4 is 40.1 Å². The van der Waals surface area contributed by atoms with Crippen molar-refractivity contribution in [1.82, 2.24) is 5.32 Å². The molecule has 1 N–H and O–H groups in total. The number of nitrogens with one attached hydrogen (secondary N) is 1. The van der Waals surface area contributed by atoms with Crippen LogP contribution in [0.25, 0.3) is 10.8 Å². The lowest BCUT2D eigenvalue weighted by Gasteiger charge is -2.16. The Kier molecular flexibility index (Phi) is 6.35. The van der Waals surface area contributed by atoms with Crippen molar-refractivity contribution in [1.29, 1.82) is 0 Å². The second-order valence-corrected chi connectivity index (χ2v) is 6.29. The van der Waals surface area contributed by atoms with Crippen LogP contribution < -0.4 is 5.32 Å². The molecule has 8 heteroatoms. The lowest BCUT2D eigenvalue weighted by Crippen LogP contribution is -2.42. The van der Waals surface area contributed by atoms with E-state index in [0.29, 0.717) is 22.9 Å². The molecule has 2 aromatic rings. The van der Waals surface area contributed by atoms with Gasteiger partial charge in [-0.1, -0.05) is 18.2 Å². The number of hydrogen-bond donors (Lipinski definition) is 1. The van der Waals surface area contributed by atoms with Gasteiger partial charge in [0.25, 0.3) is 11.6 Å². The number of thioether (sulfide) groups is 1. The molecule has 0 aliphatic carbocycles. The van der Waals surface area contributed by atoms with Gasteiger partial charge in [-0.05, 0) is 35.9 Å². The Hall–Kier alpha value is -2.61. The smallest absolute Gasteiger partial charge is 0.328 e. The number of nitro benzene ring substituents is 1. The quantitative estimate of drug-likeness (QED) is 0.462. The van der Waals surface area contributed by atoms with E-state index in [1.807, 2.05) is 6.26 Å². The summed E-state index contributed by atoms with van der Waals surface area (Å²) in [6.07, 6.45) is 2.30. The molecule has 0 aliphatic heterocycles. The van der Waals surface area contributed by atoms with Crippen molar-refractivity contribution < 1.29 is 19.2 Å². The Bertz CT molecular complexity index is 809. The molecule has 0 aromatic heterocycles. The van der Waals surface area contributed by atoms with E-state index in [2.05, 4.69) is 5.32 Å². The van der Waals surface area contributed by atoms with Crippen molar-refractivity contribution in [3.05, 3.63) is 52.1 Å². The third kappa shape index (κ3) is 4.48. The number of rotatable bonds is 7. The molecule has 0 heterocycles. The molecular weight excluding hydrogens is 344 g/mol. The maximum atomic E-state index is 12.5. The summed E-state index contributed by atoms with van der Waals surface area (Å²) in [7, 11) is 1.25. The molecule has 0 fully saturated rings. The lowest BCUT2D eigenvalue weighted by molar-refractivity contribution is -0.383. The number of benzene rings is 2. The molecule has 2 aromatic carbocycles. The van der Waals surface area contributed by atoms with E-state index in [4.69, 9.17) is 4.74 Å². The summed E-state index contributed by atoms with van der Waals surface area (Å²) in [5.74, 6) is -0.430. The molecule has 0 bridgehead atoms. The first-order chi connectivity index (χ1) is 12.0. The number of fused-ring (bicyclic) bond motifs is 1. The molecule has 0 spiro atoms. The number of amides is 1. The molecule has 2 rings (SSSR count). The summed E-state index contributed by atoms with van der Waals surface area (Å²) >= 11 is 1.54. The van der Waals surface area contributed by atoms with Gasteiger partial charge < -0.3 is 10.1 Å². The van der Waals surface area contributed by atoms with Crippen molar-refractivity contribution in [3.8, 4) is 0 Å². The van der Waals surface area contributed by atoms with Gasteiger partial charge in [0.15, 0.2) is 0 Å². The second kappa shape index (κ2) is 8.48. The average Bonchev–Trinajstić information content (AvgIpc) is 2.63. The van der Waals surface area contributed by atoms with Crippen molar-refractivity contribution in [2.24, 2.45) is 0 Å². The second-order valence-electron chi connectivity index (χ2n) is 5.30. The first kappa shape index (κ1) is 18.7. The van der Waals surface area contributed by atoms with Gasteiger partial charge in [-0.15, -0.1) is 0 Å². The summed E-state index contributed by atoms with van der Waals surface area (Å²) < 4.78 is 4.71. The molecule has 7 nitrogen and oxygen atoms in total. The molecule has 0 saturated heterocycles. The molecule has 0 aliphatic rings. The van der Waals surface area contributed by atoms with E-state index >= 15 is 0 Å². The zero-order valence-corrected chi connectivity index (χ0v) is 14.7. The van der Waals surface area contributed by atoms with Crippen molar-refractivity contribution in [2.75, 3.05) is 19.1 Å². The Balaban J connectivity index is 2.34. The first-order valence-electron chi connectivity index (χ1n) is 7.52. The summed E-state index contributed by atoms with van der Waals surface area (Å²) in [4.78, 5) is 35.1. The number of carbonyl (C=O) groups is 2. The summed E-state index contributed by atoms with van der Waals surface area (Å²) in [6, 6.07) is 8.76. The number of ether oxygens (including phenoxy) is 1. The molecule has 0 saturated carbocycles. The fraction of sp³-hybridized carbons (Fsp3) is 0.294. The number of methoxy groups -OCH3 is 1. The summed E-state index contributed by atoms with van der Waals surface area (Å²) in [6.45, 7) is 0. The fourth-order valence-electron chi connectivity index (χ4n) is 2.44. The summed E-state index contributed by atoms with van der Waals surface area (Å²) in [5.41, 5.74) is -0.0227. The number of nitro groups is 1. The van der Waals surface area contributed by atoms with Crippen LogP contribution in [0, 0.1) is 10.1 Å². The van der Waals surface area contributed by atoms with E-state index in [0.717, 1.165) is 0 Å². The number of nitrogens with zero attached hydrogens (tertiary/aromatic N) is 1. The predicted molar refractivity (Wildman–Crippen MR) is 96.9 cm³/mol. The first-order valence-corrected chi connectivity index (χ1v) is 8.92. The highest BCUT2D eigenvalue weighted by Crippen LogP contribution is 2.27. The van der Waals surface area contributed by atoms with Crippen LogP contribution in [0.1, 0.15) is 16.8 Å². The van der Waals surface area contributed by atoms with Gasteiger partial charge in [0.05, 0.1) is 17.4 Å². The topological polar surface area (TPSA) is 98.5 Å². The van der Waals surface area contributed by atoms with Crippen molar-refractivity contribution in [2.45, 2.75) is 12.5 Å². The Morgan fingerprint density at radius 1 is 1.32 bits per heavy atom. The van der Waals surface area contributed by atoms with E-state index in [1.165, 1.54) is 13.2 Å². The summed E-state index contributed by atoms with van der Waals surface area (Å²) in [5, 5.41) is 14.9. The standard InChI is InChI=1S/C17H18N2O5S/c1-24-17(21)14(7-8-25-2)18-16(20)12-9-11-5-3-4-6-13(11)15(10-12)19(22)23/h3-6,9-10,14H,7-8H2,1-2H3,(H,18,20)/t14-/m0/s1. The zero-order chi connectivity index (χ0) is 18.4. The van der Waals surface area contributed by atoms with Gasteiger partial charge in [0.2, 0.25) is 0 Å². The van der Waals surface area contributed by atoms with Gasteiger partial charge in [0.1, 0.15) is 6.04 Å². The fourth-order valence-corrected chi connectivity index (χ4v) is 2.91. The van der Waals surface area contributed by atoms with E-state index < -0.39 is 22.8 Å². The van der Waals surface area contributed by atoms with Crippen LogP contribution in [-0.4, -0.2) is 42.0 Å². The molecule has 1 amide bonds. The normalized spacial score (nSPS) is 11.8. The highest BCUT2D eigenvalue weighted by molar-refractivity contribution is 7.98. The van der Waals surface area contributed by atoms with Gasteiger partial charge in [-0.2, -0.15) is 11.8 Å². The van der Waals surface area contributed by atoms with Crippen LogP contribution in [0.4, 0.5) is 5.69 Å². The van der Waals surface area contributed by atoms with Gasteiger partial charge in [0, 0.05) is 11.6 Å². The van der Waals surface area contributed by atoms with Gasteiger partial charge in [-0.25, -0.2) is 4.79 Å². The van der Waals surface area contributed by atoms with E-state index in [9.17, 15) is 19.7 Å². The van der Waals surface area contributed by atoms with E-state index in [1.54, 1.807) is 42.1 Å². The molecule has 0 radical (unpaired) electrons. The average molecular weight is 362 g/mol.